The SMILES string of the molecule is CCCCCc1ccc(SC)cc1. The molecule has 1 aromatic rings. The van der Waals surface area contributed by atoms with Crippen LogP contribution in [0.4, 0.5) is 0 Å². The minimum atomic E-state index is 1.24. The summed E-state index contributed by atoms with van der Waals surface area (Å²) in [6, 6.07) is 8.93. The summed E-state index contributed by atoms with van der Waals surface area (Å²) >= 11 is 1.81. The zero-order chi connectivity index (χ0) is 9.52. The molecule has 0 saturated heterocycles. The van der Waals surface area contributed by atoms with E-state index in [1.165, 1.54) is 36.1 Å². The van der Waals surface area contributed by atoms with Crippen molar-refractivity contribution in [3.63, 3.8) is 0 Å². The molecule has 0 amide bonds. The fraction of sp³-hybridized carbons (Fsp3) is 0.500. The van der Waals surface area contributed by atoms with E-state index in [9.17, 15) is 0 Å². The number of thioether (sulfide) groups is 1. The van der Waals surface area contributed by atoms with Gasteiger partial charge in [-0.3, -0.25) is 0 Å². The molecule has 0 saturated carbocycles. The van der Waals surface area contributed by atoms with E-state index in [0.717, 1.165) is 0 Å². The first-order valence-electron chi connectivity index (χ1n) is 4.99. The molecule has 72 valence electrons. The first kappa shape index (κ1) is 10.6. The highest BCUT2D eigenvalue weighted by Crippen LogP contribution is 2.16. The second kappa shape index (κ2) is 6.09. The molecule has 13 heavy (non-hydrogen) atoms. The smallest absolute Gasteiger partial charge is 0.00693 e. The van der Waals surface area contributed by atoms with Crippen molar-refractivity contribution in [3.8, 4) is 0 Å². The molecule has 0 atom stereocenters. The van der Waals surface area contributed by atoms with Gasteiger partial charge in [-0.15, -0.1) is 11.8 Å². The summed E-state index contributed by atoms with van der Waals surface area (Å²) in [5.74, 6) is 0. The fourth-order valence-electron chi connectivity index (χ4n) is 1.37. The third kappa shape index (κ3) is 3.86. The predicted octanol–water partition coefficient (Wildman–Crippen LogP) is 4.14. The van der Waals surface area contributed by atoms with E-state index < -0.39 is 0 Å². The zero-order valence-electron chi connectivity index (χ0n) is 8.55. The number of hydrogen-bond acceptors (Lipinski definition) is 1. The van der Waals surface area contributed by atoms with Crippen molar-refractivity contribution in [3.05, 3.63) is 29.8 Å². The summed E-state index contributed by atoms with van der Waals surface area (Å²) in [6.45, 7) is 2.25. The van der Waals surface area contributed by atoms with Crippen LogP contribution >= 0.6 is 11.8 Å². The van der Waals surface area contributed by atoms with E-state index >= 15 is 0 Å². The average molecular weight is 194 g/mol. The second-order valence-electron chi connectivity index (χ2n) is 3.31. The maximum atomic E-state index is 2.25. The molecule has 0 aliphatic rings. The largest absolute Gasteiger partial charge is 0.130 e. The molecule has 0 heterocycles. The van der Waals surface area contributed by atoms with Crippen LogP contribution in [-0.4, -0.2) is 6.26 Å². The summed E-state index contributed by atoms with van der Waals surface area (Å²) in [7, 11) is 0. The number of benzene rings is 1. The van der Waals surface area contributed by atoms with Crippen LogP contribution in [0.5, 0.6) is 0 Å². The van der Waals surface area contributed by atoms with Crippen LogP contribution in [0.25, 0.3) is 0 Å². The van der Waals surface area contributed by atoms with Gasteiger partial charge in [-0.2, -0.15) is 0 Å². The molecule has 0 N–H and O–H groups in total. The standard InChI is InChI=1S/C12H18S/c1-3-4-5-6-11-7-9-12(13-2)10-8-11/h7-10H,3-6H2,1-2H3. The Bertz CT molecular complexity index is 225. The predicted molar refractivity (Wildman–Crippen MR) is 61.5 cm³/mol. The Morgan fingerprint density at radius 2 is 1.77 bits per heavy atom. The molecular formula is C12H18S. The first-order chi connectivity index (χ1) is 6.36. The lowest BCUT2D eigenvalue weighted by Gasteiger charge is -2.01. The number of rotatable bonds is 5. The Hall–Kier alpha value is -0.430. The Balaban J connectivity index is 2.40. The molecule has 0 aliphatic carbocycles. The molecule has 0 aliphatic heterocycles. The molecule has 1 aromatic carbocycles. The van der Waals surface area contributed by atoms with Crippen LogP contribution < -0.4 is 0 Å². The fourth-order valence-corrected chi connectivity index (χ4v) is 1.78. The van der Waals surface area contributed by atoms with E-state index in [2.05, 4.69) is 37.4 Å². The van der Waals surface area contributed by atoms with Gasteiger partial charge in [-0.05, 0) is 36.8 Å². The summed E-state index contributed by atoms with van der Waals surface area (Å²) in [4.78, 5) is 1.36. The number of hydrogen-bond donors (Lipinski definition) is 0. The Morgan fingerprint density at radius 3 is 2.31 bits per heavy atom. The van der Waals surface area contributed by atoms with Gasteiger partial charge in [0.1, 0.15) is 0 Å². The molecule has 0 bridgehead atoms. The molecule has 0 aromatic heterocycles. The topological polar surface area (TPSA) is 0 Å². The summed E-state index contributed by atoms with van der Waals surface area (Å²) < 4.78 is 0. The van der Waals surface area contributed by atoms with E-state index in [4.69, 9.17) is 0 Å². The maximum Gasteiger partial charge on any atom is 0.00693 e. The van der Waals surface area contributed by atoms with Gasteiger partial charge in [0, 0.05) is 4.90 Å². The van der Waals surface area contributed by atoms with Gasteiger partial charge in [0.05, 0.1) is 0 Å². The van der Waals surface area contributed by atoms with Crippen LogP contribution in [0.3, 0.4) is 0 Å². The number of aryl methyl sites for hydroxylation is 1. The van der Waals surface area contributed by atoms with Gasteiger partial charge >= 0.3 is 0 Å². The Labute approximate surface area is 85.7 Å². The zero-order valence-corrected chi connectivity index (χ0v) is 9.36. The average Bonchev–Trinajstić information content (AvgIpc) is 2.19. The Kier molecular flexibility index (Phi) is 4.99. The van der Waals surface area contributed by atoms with E-state index in [1.54, 1.807) is 11.8 Å². The highest BCUT2D eigenvalue weighted by Gasteiger charge is 1.93. The first-order valence-corrected chi connectivity index (χ1v) is 6.22. The van der Waals surface area contributed by atoms with Gasteiger partial charge in [0.25, 0.3) is 0 Å². The molecule has 0 fully saturated rings. The van der Waals surface area contributed by atoms with Crippen LogP contribution in [0.15, 0.2) is 29.2 Å². The van der Waals surface area contributed by atoms with Crippen molar-refractivity contribution in [2.45, 2.75) is 37.5 Å². The van der Waals surface area contributed by atoms with Gasteiger partial charge in [0.15, 0.2) is 0 Å². The van der Waals surface area contributed by atoms with Crippen molar-refractivity contribution < 1.29 is 0 Å². The third-order valence-corrected chi connectivity index (χ3v) is 2.97. The lowest BCUT2D eigenvalue weighted by molar-refractivity contribution is 0.717. The number of unbranched alkanes of at least 4 members (excludes halogenated alkanes) is 2. The van der Waals surface area contributed by atoms with E-state index in [-0.39, 0.29) is 0 Å². The minimum absolute atomic E-state index is 1.24. The lowest BCUT2D eigenvalue weighted by atomic mass is 10.1. The quantitative estimate of drug-likeness (QED) is 0.501. The minimum Gasteiger partial charge on any atom is -0.130 e. The normalized spacial score (nSPS) is 10.3. The summed E-state index contributed by atoms with van der Waals surface area (Å²) in [5, 5.41) is 0. The van der Waals surface area contributed by atoms with Gasteiger partial charge < -0.3 is 0 Å². The summed E-state index contributed by atoms with van der Waals surface area (Å²) in [5.41, 5.74) is 1.48. The molecule has 0 nitrogen and oxygen atoms in total. The van der Waals surface area contributed by atoms with Crippen LogP contribution in [0, 0.1) is 0 Å². The van der Waals surface area contributed by atoms with Gasteiger partial charge in [0.2, 0.25) is 0 Å². The monoisotopic (exact) mass is 194 g/mol. The Morgan fingerprint density at radius 1 is 1.08 bits per heavy atom. The molecular weight excluding hydrogens is 176 g/mol. The lowest BCUT2D eigenvalue weighted by Crippen LogP contribution is -1.84. The van der Waals surface area contributed by atoms with Crippen molar-refractivity contribution in [1.29, 1.82) is 0 Å². The van der Waals surface area contributed by atoms with Crippen LogP contribution in [-0.2, 0) is 6.42 Å². The van der Waals surface area contributed by atoms with E-state index in [1.807, 2.05) is 0 Å². The molecule has 1 rings (SSSR count). The van der Waals surface area contributed by atoms with Crippen molar-refractivity contribution in [2.24, 2.45) is 0 Å². The second-order valence-corrected chi connectivity index (χ2v) is 4.18. The highest BCUT2D eigenvalue weighted by molar-refractivity contribution is 7.98. The molecule has 0 spiro atoms. The van der Waals surface area contributed by atoms with Crippen molar-refractivity contribution >= 4 is 11.8 Å². The maximum absolute atomic E-state index is 2.25. The molecule has 0 unspecified atom stereocenters. The van der Waals surface area contributed by atoms with Crippen LogP contribution in [0.1, 0.15) is 31.7 Å². The summed E-state index contributed by atoms with van der Waals surface area (Å²) in [6.07, 6.45) is 7.34. The molecule has 0 radical (unpaired) electrons. The van der Waals surface area contributed by atoms with Gasteiger partial charge in [-0.25, -0.2) is 0 Å². The van der Waals surface area contributed by atoms with Crippen molar-refractivity contribution in [2.75, 3.05) is 6.26 Å². The van der Waals surface area contributed by atoms with Gasteiger partial charge in [-0.1, -0.05) is 31.9 Å². The van der Waals surface area contributed by atoms with E-state index in [0.29, 0.717) is 0 Å². The highest BCUT2D eigenvalue weighted by atomic mass is 32.2. The molecule has 1 heteroatoms. The third-order valence-electron chi connectivity index (χ3n) is 2.23. The van der Waals surface area contributed by atoms with Crippen molar-refractivity contribution in [1.82, 2.24) is 0 Å². The van der Waals surface area contributed by atoms with Crippen LogP contribution in [0.2, 0.25) is 0 Å².